The van der Waals surface area contributed by atoms with Crippen LogP contribution in [0.25, 0.3) is 22.3 Å². The molecule has 0 spiro atoms. The van der Waals surface area contributed by atoms with Crippen LogP contribution in [0.15, 0.2) is 194 Å². The minimum Gasteiger partial charge on any atom is -0.311 e. The van der Waals surface area contributed by atoms with Gasteiger partial charge in [-0.15, -0.1) is 0 Å². The van der Waals surface area contributed by atoms with Crippen LogP contribution in [0.3, 0.4) is 0 Å². The van der Waals surface area contributed by atoms with Gasteiger partial charge in [0.25, 0.3) is 6.71 Å². The van der Waals surface area contributed by atoms with Gasteiger partial charge in [0.1, 0.15) is 0 Å². The lowest BCUT2D eigenvalue weighted by Gasteiger charge is -2.46. The van der Waals surface area contributed by atoms with E-state index in [-0.39, 0.29) is 63.5 Å². The number of hydrogen-bond donors (Lipinski definition) is 0. The molecule has 2 heterocycles. The van der Waals surface area contributed by atoms with Gasteiger partial charge in [0.05, 0.1) is 6.85 Å². The summed E-state index contributed by atoms with van der Waals surface area (Å²) in [6.07, 6.45) is 0. The van der Waals surface area contributed by atoms with Crippen LogP contribution in [0.5, 0.6) is 0 Å². The molecule has 9 aromatic carbocycles. The first-order valence-corrected chi connectivity index (χ1v) is 27.5. The molecule has 0 saturated heterocycles. The number of rotatable bonds is 6. The zero-order valence-corrected chi connectivity index (χ0v) is 47.5. The topological polar surface area (TPSA) is 9.72 Å². The molecule has 77 heavy (non-hydrogen) atoms. The van der Waals surface area contributed by atoms with Crippen LogP contribution >= 0.6 is 0 Å². The van der Waals surface area contributed by atoms with Crippen molar-refractivity contribution >= 4 is 74.3 Å². The van der Waals surface area contributed by atoms with Crippen molar-refractivity contribution in [3.05, 3.63) is 227 Å². The summed E-state index contributed by atoms with van der Waals surface area (Å²) in [5.74, 6) is 0. The maximum Gasteiger partial charge on any atom is 0.252 e. The number of fused-ring (bicyclic) bond motifs is 7. The molecule has 0 N–H and O–H groups in total. The van der Waals surface area contributed by atoms with Gasteiger partial charge in [0.15, 0.2) is 0 Å². The Balaban J connectivity index is 1.13. The molecule has 0 atom stereocenters. The highest BCUT2D eigenvalue weighted by Crippen LogP contribution is 2.53. The van der Waals surface area contributed by atoms with Crippen LogP contribution in [-0.4, -0.2) is 6.71 Å². The third kappa shape index (κ3) is 8.51. The first-order valence-electron chi connectivity index (χ1n) is 30.0. The lowest BCUT2D eigenvalue weighted by Crippen LogP contribution is -2.61. The predicted octanol–water partition coefficient (Wildman–Crippen LogP) is 18.4. The fourth-order valence-electron chi connectivity index (χ4n) is 12.3. The van der Waals surface area contributed by atoms with E-state index in [2.05, 4.69) is 251 Å². The van der Waals surface area contributed by atoms with Crippen LogP contribution in [0, 0.1) is 0 Å². The second-order valence-electron chi connectivity index (χ2n) is 26.4. The second-order valence-corrected chi connectivity index (χ2v) is 26.4. The Bertz CT molecular complexity index is 4030. The molecule has 0 fully saturated rings. The first kappa shape index (κ1) is 44.6. The van der Waals surface area contributed by atoms with Crippen LogP contribution in [0.1, 0.15) is 137 Å². The Kier molecular flexibility index (Phi) is 10.3. The largest absolute Gasteiger partial charge is 0.311 e. The molecular formula is C73H74BN3. The molecule has 3 aliphatic rings. The average Bonchev–Trinajstić information content (AvgIpc) is 1.15. The van der Waals surface area contributed by atoms with Gasteiger partial charge in [-0.3, -0.25) is 0 Å². The molecule has 0 radical (unpaired) electrons. The van der Waals surface area contributed by atoms with E-state index < -0.39 is 6.04 Å². The lowest BCUT2D eigenvalue weighted by molar-refractivity contribution is 0.590. The fraction of sp³-hybridized carbons (Fsp3) is 0.260. The van der Waals surface area contributed by atoms with E-state index in [9.17, 15) is 0 Å². The lowest BCUT2D eigenvalue weighted by atomic mass is 9.33. The fourth-order valence-corrected chi connectivity index (χ4v) is 12.3. The SMILES string of the molecule is [2H]c1c([2H])c([2H])c(-c2ccc(N(c3ccc(C(C)(C)C)cc3)c3ccc4c(c3)N(c3ccc(C(C)(C)C)cc3)c3cc(C(C)(C)C)cc5c3B4c3cc(C(C)(C)C)ccc3N5c3ccc4c(c3)C(C)(C)c3ccccc3-4)cc2)c([2H])c1[2H]. The van der Waals surface area contributed by atoms with Gasteiger partial charge in [-0.1, -0.05) is 212 Å². The zero-order valence-electron chi connectivity index (χ0n) is 52.5. The van der Waals surface area contributed by atoms with Crippen molar-refractivity contribution in [2.24, 2.45) is 0 Å². The molecule has 0 unspecified atom stereocenters. The summed E-state index contributed by atoms with van der Waals surface area (Å²) in [5.41, 5.74) is 23.7. The normalized spacial score (nSPS) is 15.3. The molecule has 0 saturated carbocycles. The van der Waals surface area contributed by atoms with Crippen molar-refractivity contribution in [3.8, 4) is 22.3 Å². The van der Waals surface area contributed by atoms with Gasteiger partial charge in [0, 0.05) is 56.6 Å². The highest BCUT2D eigenvalue weighted by molar-refractivity contribution is 7.00. The summed E-state index contributed by atoms with van der Waals surface area (Å²) < 4.78 is 42.9. The number of anilines is 9. The Morgan fingerprint density at radius 1 is 0.403 bits per heavy atom. The van der Waals surface area contributed by atoms with Gasteiger partial charge >= 0.3 is 0 Å². The number of hydrogen-bond acceptors (Lipinski definition) is 3. The Labute approximate surface area is 467 Å². The van der Waals surface area contributed by atoms with Gasteiger partial charge in [-0.25, -0.2) is 0 Å². The minimum atomic E-state index is -0.404. The summed E-state index contributed by atoms with van der Waals surface area (Å²) in [6.45, 7) is 32.0. The van der Waals surface area contributed by atoms with Gasteiger partial charge in [-0.2, -0.15) is 0 Å². The van der Waals surface area contributed by atoms with Crippen molar-refractivity contribution in [1.29, 1.82) is 0 Å². The summed E-state index contributed by atoms with van der Waals surface area (Å²) in [6, 6.07) is 59.5. The molecule has 0 bridgehead atoms. The smallest absolute Gasteiger partial charge is 0.252 e. The van der Waals surface area contributed by atoms with Crippen molar-refractivity contribution in [2.75, 3.05) is 14.7 Å². The van der Waals surface area contributed by atoms with E-state index in [0.29, 0.717) is 5.56 Å². The molecule has 0 aromatic heterocycles. The molecule has 384 valence electrons. The summed E-state index contributed by atoms with van der Waals surface area (Å²) in [4.78, 5) is 7.38. The first-order chi connectivity index (χ1) is 38.5. The van der Waals surface area contributed by atoms with Crippen LogP contribution in [0.4, 0.5) is 51.2 Å². The molecule has 1 aliphatic carbocycles. The van der Waals surface area contributed by atoms with E-state index >= 15 is 0 Å². The third-order valence-corrected chi connectivity index (χ3v) is 16.8. The molecule has 0 amide bonds. The monoisotopic (exact) mass is 1010 g/mol. The van der Waals surface area contributed by atoms with Crippen molar-refractivity contribution in [1.82, 2.24) is 0 Å². The Morgan fingerprint density at radius 2 is 0.922 bits per heavy atom. The van der Waals surface area contributed by atoms with Crippen LogP contribution in [0.2, 0.25) is 0 Å². The standard InChI is InChI=1S/C73H74BN3/c1-69(2,3)49-26-33-54(34-27-49)75(53-31-24-48(25-32-53)47-20-16-15-17-21-47)57-38-40-62-65(46-57)76(55-35-28-50(29-36-55)70(4,5)6)66-43-52(72(10,11)12)44-67-68(66)74(62)63-42-51(71(7,8)9)30-41-64(63)77(67)56-37-39-59-58-22-18-19-23-60(58)73(13,14)61(59)45-56/h15-46H,1-14H3/i15D,16D,17D,20D,21D. The number of benzene rings is 9. The van der Waals surface area contributed by atoms with E-state index in [1.54, 1.807) is 0 Å². The van der Waals surface area contributed by atoms with E-state index in [1.807, 2.05) is 24.3 Å². The number of nitrogens with zero attached hydrogens (tertiary/aromatic N) is 3. The molecule has 12 rings (SSSR count). The van der Waals surface area contributed by atoms with Gasteiger partial charge < -0.3 is 14.7 Å². The molecular weight excluding hydrogens is 930 g/mol. The average molecular weight is 1010 g/mol. The molecule has 2 aliphatic heterocycles. The second kappa shape index (κ2) is 17.7. The molecule has 9 aromatic rings. The quantitative estimate of drug-likeness (QED) is 0.154. The minimum absolute atomic E-state index is 0.0518. The highest BCUT2D eigenvalue weighted by atomic mass is 15.2. The van der Waals surface area contributed by atoms with Gasteiger partial charge in [0.2, 0.25) is 0 Å². The van der Waals surface area contributed by atoms with Crippen LogP contribution in [-0.2, 0) is 27.1 Å². The van der Waals surface area contributed by atoms with E-state index in [4.69, 9.17) is 6.85 Å². The van der Waals surface area contributed by atoms with E-state index in [0.717, 1.165) is 39.8 Å². The summed E-state index contributed by atoms with van der Waals surface area (Å²) >= 11 is 0. The Morgan fingerprint density at radius 3 is 1.53 bits per heavy atom. The predicted molar refractivity (Wildman–Crippen MR) is 333 cm³/mol. The third-order valence-electron chi connectivity index (χ3n) is 16.8. The maximum absolute atomic E-state index is 8.84. The summed E-state index contributed by atoms with van der Waals surface area (Å²) in [7, 11) is 0. The highest BCUT2D eigenvalue weighted by Gasteiger charge is 2.46. The zero-order chi connectivity index (χ0) is 58.5. The molecule has 3 nitrogen and oxygen atoms in total. The van der Waals surface area contributed by atoms with Crippen molar-refractivity contribution in [3.63, 3.8) is 0 Å². The van der Waals surface area contributed by atoms with Crippen molar-refractivity contribution < 1.29 is 6.85 Å². The van der Waals surface area contributed by atoms with Gasteiger partial charge in [-0.05, 0) is 173 Å². The molecule has 4 heteroatoms. The maximum atomic E-state index is 8.84. The van der Waals surface area contributed by atoms with Crippen LogP contribution < -0.4 is 31.1 Å². The summed E-state index contributed by atoms with van der Waals surface area (Å²) in [5, 5.41) is 0. The Hall–Kier alpha value is -7.56. The van der Waals surface area contributed by atoms with Crippen molar-refractivity contribution in [2.45, 2.75) is 124 Å². The van der Waals surface area contributed by atoms with E-state index in [1.165, 1.54) is 72.3 Å².